The highest BCUT2D eigenvalue weighted by atomic mass is 19.1. The first kappa shape index (κ1) is 25.7. The maximum absolute atomic E-state index is 14.1. The van der Waals surface area contributed by atoms with Gasteiger partial charge in [0.15, 0.2) is 17.0 Å². The Kier molecular flexibility index (Phi) is 6.12. The summed E-state index contributed by atoms with van der Waals surface area (Å²) in [5, 5.41) is 17.8. The highest BCUT2D eigenvalue weighted by Crippen LogP contribution is 2.46. The van der Waals surface area contributed by atoms with Gasteiger partial charge in [0.25, 0.3) is 11.8 Å². The average molecular weight is 550 g/mol. The highest BCUT2D eigenvalue weighted by molar-refractivity contribution is 6.02. The van der Waals surface area contributed by atoms with Crippen LogP contribution in [0.3, 0.4) is 0 Å². The van der Waals surface area contributed by atoms with E-state index < -0.39 is 51.8 Å². The summed E-state index contributed by atoms with van der Waals surface area (Å²) in [6, 6.07) is 5.80. The molecule has 3 aromatic rings. The predicted octanol–water partition coefficient (Wildman–Crippen LogP) is 2.90. The Morgan fingerprint density at radius 1 is 1.27 bits per heavy atom. The zero-order valence-corrected chi connectivity index (χ0v) is 21.4. The number of aromatic hydroxyl groups is 1. The first-order valence-corrected chi connectivity index (χ1v) is 12.8. The van der Waals surface area contributed by atoms with Gasteiger partial charge < -0.3 is 24.7 Å². The molecule has 1 spiro atoms. The van der Waals surface area contributed by atoms with E-state index in [0.717, 1.165) is 11.6 Å². The number of benzene rings is 1. The molecule has 0 aliphatic carbocycles. The van der Waals surface area contributed by atoms with Crippen molar-refractivity contribution in [2.24, 2.45) is 5.16 Å². The molecule has 3 aliphatic heterocycles. The smallest absolute Gasteiger partial charge is 0.274 e. The maximum atomic E-state index is 14.1. The summed E-state index contributed by atoms with van der Waals surface area (Å²) < 4.78 is 28.8. The van der Waals surface area contributed by atoms with Gasteiger partial charge in [-0.2, -0.15) is 0 Å². The number of oxime groups is 1. The van der Waals surface area contributed by atoms with Crippen molar-refractivity contribution in [1.29, 1.82) is 0 Å². The molecule has 2 aromatic heterocycles. The number of pyridine rings is 2. The average Bonchev–Trinajstić information content (AvgIpc) is 3.33. The molecule has 2 N–H and O–H groups in total. The van der Waals surface area contributed by atoms with Crippen molar-refractivity contribution in [3.63, 3.8) is 0 Å². The molecular formula is C28H25F2N5O5. The molecule has 3 atom stereocenters. The number of hydrogen-bond acceptors (Lipinski definition) is 7. The molecule has 2 bridgehead atoms. The van der Waals surface area contributed by atoms with Gasteiger partial charge in [0.2, 0.25) is 5.43 Å². The van der Waals surface area contributed by atoms with Gasteiger partial charge >= 0.3 is 0 Å². The van der Waals surface area contributed by atoms with Gasteiger partial charge in [-0.25, -0.2) is 8.78 Å². The van der Waals surface area contributed by atoms with Gasteiger partial charge in [0.1, 0.15) is 17.2 Å². The van der Waals surface area contributed by atoms with E-state index in [2.05, 4.69) is 15.5 Å². The van der Waals surface area contributed by atoms with Crippen molar-refractivity contribution < 1.29 is 28.3 Å². The second-order valence-corrected chi connectivity index (χ2v) is 10.4. The predicted molar refractivity (Wildman–Crippen MR) is 138 cm³/mol. The summed E-state index contributed by atoms with van der Waals surface area (Å²) in [5.74, 6) is -3.88. The van der Waals surface area contributed by atoms with Gasteiger partial charge in [-0.3, -0.25) is 19.4 Å². The Balaban J connectivity index is 1.38. The van der Waals surface area contributed by atoms with E-state index in [4.69, 9.17) is 4.84 Å². The molecule has 0 saturated carbocycles. The summed E-state index contributed by atoms with van der Waals surface area (Å²) in [6.07, 6.45) is 6.08. The van der Waals surface area contributed by atoms with Crippen LogP contribution in [0.2, 0.25) is 0 Å². The van der Waals surface area contributed by atoms with E-state index in [1.54, 1.807) is 23.4 Å². The number of hydrogen-bond donors (Lipinski definition) is 2. The number of nitrogens with one attached hydrogen (secondary N) is 1. The summed E-state index contributed by atoms with van der Waals surface area (Å²) >= 11 is 0. The van der Waals surface area contributed by atoms with E-state index in [-0.39, 0.29) is 30.4 Å². The summed E-state index contributed by atoms with van der Waals surface area (Å²) in [7, 11) is 0. The molecule has 12 heteroatoms. The summed E-state index contributed by atoms with van der Waals surface area (Å²) in [5.41, 5.74) is -1.13. The first-order valence-electron chi connectivity index (χ1n) is 12.8. The fourth-order valence-corrected chi connectivity index (χ4v) is 5.74. The largest absolute Gasteiger partial charge is 0.503 e. The Bertz CT molecular complexity index is 1630. The molecule has 6 rings (SSSR count). The van der Waals surface area contributed by atoms with Crippen LogP contribution in [-0.4, -0.2) is 55.3 Å². The van der Waals surface area contributed by atoms with Crippen LogP contribution in [0.25, 0.3) is 0 Å². The third kappa shape index (κ3) is 4.10. The number of carbonyl (C=O) groups is 2. The number of rotatable bonds is 4. The Hall–Kier alpha value is -4.61. The van der Waals surface area contributed by atoms with E-state index in [9.17, 15) is 28.3 Å². The van der Waals surface area contributed by atoms with Crippen LogP contribution in [0, 0.1) is 11.6 Å². The molecule has 1 fully saturated rings. The van der Waals surface area contributed by atoms with Crippen molar-refractivity contribution in [3.8, 4) is 5.75 Å². The number of fused-ring (bicyclic) bond motifs is 5. The zero-order chi connectivity index (χ0) is 28.2. The lowest BCUT2D eigenvalue weighted by Crippen LogP contribution is -2.52. The molecule has 3 aliphatic rings. The Morgan fingerprint density at radius 2 is 2.10 bits per heavy atom. The van der Waals surface area contributed by atoms with Crippen LogP contribution >= 0.6 is 0 Å². The summed E-state index contributed by atoms with van der Waals surface area (Å²) in [4.78, 5) is 51.5. The van der Waals surface area contributed by atoms with Gasteiger partial charge in [-0.1, -0.05) is 11.2 Å². The van der Waals surface area contributed by atoms with E-state index in [1.807, 2.05) is 13.0 Å². The molecule has 0 unspecified atom stereocenters. The lowest BCUT2D eigenvalue weighted by atomic mass is 9.83. The number of carbonyl (C=O) groups excluding carboxylic acids is 2. The minimum Gasteiger partial charge on any atom is -0.503 e. The molecule has 0 radical (unpaired) electrons. The molecule has 40 heavy (non-hydrogen) atoms. The Labute approximate surface area is 226 Å². The maximum Gasteiger partial charge on any atom is 0.274 e. The molecule has 5 heterocycles. The van der Waals surface area contributed by atoms with Crippen molar-refractivity contribution >= 4 is 17.5 Å². The van der Waals surface area contributed by atoms with Crippen LogP contribution in [-0.2, 0) is 11.4 Å². The monoisotopic (exact) mass is 549 g/mol. The fraction of sp³-hybridized carbons (Fsp3) is 0.321. The van der Waals surface area contributed by atoms with E-state index in [0.29, 0.717) is 31.0 Å². The standard InChI is InChI=1S/C28H25F2N5O5/c1-15-6-7-28(10-21(33-40-28)17-3-2-8-31-11-17)22-14-34(15)27(39)23-25(37)24(36)19(13-35(22)23)26(38)32-12-16-4-5-18(29)9-20(16)30/h2-5,8-9,11,13,15,22,37H,6-7,10,12,14H2,1H3,(H,32,38)/t15-,22+,28-/m0/s1. The van der Waals surface area contributed by atoms with Gasteiger partial charge in [0.05, 0.1) is 11.8 Å². The summed E-state index contributed by atoms with van der Waals surface area (Å²) in [6.45, 7) is 1.79. The molecule has 1 saturated heterocycles. The fourth-order valence-electron chi connectivity index (χ4n) is 5.74. The van der Waals surface area contributed by atoms with Crippen LogP contribution < -0.4 is 10.7 Å². The molecule has 2 amide bonds. The first-order chi connectivity index (χ1) is 19.2. The topological polar surface area (TPSA) is 126 Å². The molecule has 1 aromatic carbocycles. The van der Waals surface area contributed by atoms with Crippen molar-refractivity contribution in [2.45, 2.75) is 50.4 Å². The Morgan fingerprint density at radius 3 is 2.85 bits per heavy atom. The second kappa shape index (κ2) is 9.54. The number of aromatic nitrogens is 2. The molecule has 10 nitrogen and oxygen atoms in total. The lowest BCUT2D eigenvalue weighted by Gasteiger charge is -2.41. The zero-order valence-electron chi connectivity index (χ0n) is 21.4. The van der Waals surface area contributed by atoms with Gasteiger partial charge in [-0.05, 0) is 38.0 Å². The minimum absolute atomic E-state index is 0.0130. The number of halogens is 2. The van der Waals surface area contributed by atoms with E-state index in [1.165, 1.54) is 16.8 Å². The SMILES string of the molecule is C[C@H]1CC[C@]2(CC(c3cccnc3)=NO2)[C@H]2CN1C(=O)c1c(O)c(=O)c(C(=O)NCc3ccc(F)cc3F)cn12. The quantitative estimate of drug-likeness (QED) is 0.516. The van der Waals surface area contributed by atoms with Gasteiger partial charge in [-0.15, -0.1) is 0 Å². The second-order valence-electron chi connectivity index (χ2n) is 10.4. The highest BCUT2D eigenvalue weighted by Gasteiger charge is 2.54. The minimum atomic E-state index is -1.03. The van der Waals surface area contributed by atoms with Crippen molar-refractivity contribution in [2.75, 3.05) is 6.54 Å². The molecular weight excluding hydrogens is 524 g/mol. The lowest BCUT2D eigenvalue weighted by molar-refractivity contribution is -0.0655. The van der Waals surface area contributed by atoms with Crippen LogP contribution in [0.1, 0.15) is 64.2 Å². The van der Waals surface area contributed by atoms with Crippen LogP contribution in [0.4, 0.5) is 8.78 Å². The van der Waals surface area contributed by atoms with Crippen molar-refractivity contribution in [1.82, 2.24) is 19.8 Å². The van der Waals surface area contributed by atoms with E-state index >= 15 is 0 Å². The molecule has 206 valence electrons. The number of amides is 2. The third-order valence-corrected chi connectivity index (χ3v) is 8.00. The normalized spacial score (nSPS) is 23.3. The third-order valence-electron chi connectivity index (χ3n) is 8.00. The van der Waals surface area contributed by atoms with Crippen LogP contribution in [0.5, 0.6) is 5.75 Å². The van der Waals surface area contributed by atoms with Crippen LogP contribution in [0.15, 0.2) is 58.9 Å². The van der Waals surface area contributed by atoms with Crippen molar-refractivity contribution in [3.05, 3.63) is 93.2 Å². The number of nitrogens with zero attached hydrogens (tertiary/aromatic N) is 4. The van der Waals surface area contributed by atoms with Gasteiger partial charge in [0, 0.05) is 61.3 Å².